The molecule has 0 spiro atoms. The quantitative estimate of drug-likeness (QED) is 0.559. The lowest BCUT2D eigenvalue weighted by atomic mass is 10.1. The van der Waals surface area contributed by atoms with Gasteiger partial charge >= 0.3 is 0 Å². The number of rotatable bonds is 6. The van der Waals surface area contributed by atoms with E-state index in [1.165, 1.54) is 0 Å². The Morgan fingerprint density at radius 1 is 1.50 bits per heavy atom. The molecule has 0 fully saturated rings. The topological polar surface area (TPSA) is 69.4 Å². The van der Waals surface area contributed by atoms with Gasteiger partial charge in [0.2, 0.25) is 0 Å². The minimum absolute atomic E-state index is 0.0242. The highest BCUT2D eigenvalue weighted by molar-refractivity contribution is 5.26. The molecule has 5 heteroatoms. The van der Waals surface area contributed by atoms with Crippen LogP contribution in [0.25, 0.3) is 0 Å². The van der Waals surface area contributed by atoms with Crippen molar-refractivity contribution >= 4 is 0 Å². The van der Waals surface area contributed by atoms with Crippen LogP contribution in [-0.4, -0.2) is 24.8 Å². The molecule has 0 saturated heterocycles. The van der Waals surface area contributed by atoms with Crippen molar-refractivity contribution in [2.24, 2.45) is 5.84 Å². The summed E-state index contributed by atoms with van der Waals surface area (Å²) in [4.78, 5) is 4.09. The van der Waals surface area contributed by atoms with Crippen LogP contribution in [0.2, 0.25) is 0 Å². The minimum Gasteiger partial charge on any atom is -0.495 e. The van der Waals surface area contributed by atoms with Crippen LogP contribution in [0.4, 0.5) is 0 Å². The number of pyridine rings is 1. The molecule has 1 heterocycles. The van der Waals surface area contributed by atoms with Gasteiger partial charge in [-0.15, -0.1) is 0 Å². The first-order valence-electron chi connectivity index (χ1n) is 5.29. The van der Waals surface area contributed by atoms with E-state index in [0.29, 0.717) is 12.4 Å². The molecule has 0 bridgehead atoms. The smallest absolute Gasteiger partial charge is 0.137 e. The normalized spacial score (nSPS) is 14.5. The van der Waals surface area contributed by atoms with E-state index in [2.05, 4.69) is 10.4 Å². The van der Waals surface area contributed by atoms with Crippen LogP contribution in [0.15, 0.2) is 18.5 Å². The molecule has 5 nitrogen and oxygen atoms in total. The zero-order valence-electron chi connectivity index (χ0n) is 9.93. The second kappa shape index (κ2) is 6.42. The summed E-state index contributed by atoms with van der Waals surface area (Å²) in [6.07, 6.45) is 3.38. The fourth-order valence-electron chi connectivity index (χ4n) is 1.58. The molecule has 1 aromatic heterocycles. The molecule has 2 atom stereocenters. The second-order valence-corrected chi connectivity index (χ2v) is 3.46. The molecule has 0 amide bonds. The predicted molar refractivity (Wildman–Crippen MR) is 61.9 cm³/mol. The maximum Gasteiger partial charge on any atom is 0.137 e. The van der Waals surface area contributed by atoms with Crippen LogP contribution < -0.4 is 16.0 Å². The van der Waals surface area contributed by atoms with Crippen LogP contribution in [0.1, 0.15) is 25.5 Å². The van der Waals surface area contributed by atoms with Crippen LogP contribution in [0.3, 0.4) is 0 Å². The Labute approximate surface area is 95.9 Å². The first-order chi connectivity index (χ1) is 7.72. The Morgan fingerprint density at radius 2 is 2.25 bits per heavy atom. The summed E-state index contributed by atoms with van der Waals surface area (Å²) in [5, 5.41) is 0. The monoisotopic (exact) mass is 225 g/mol. The second-order valence-electron chi connectivity index (χ2n) is 3.46. The van der Waals surface area contributed by atoms with Crippen LogP contribution >= 0.6 is 0 Å². The number of nitrogens with two attached hydrogens (primary N) is 1. The van der Waals surface area contributed by atoms with Crippen molar-refractivity contribution in [1.82, 2.24) is 10.4 Å². The number of nitrogens with one attached hydrogen (secondary N) is 1. The molecule has 90 valence electrons. The fraction of sp³-hybridized carbons (Fsp3) is 0.545. The molecule has 0 aromatic carbocycles. The fourth-order valence-corrected chi connectivity index (χ4v) is 1.58. The summed E-state index contributed by atoms with van der Waals surface area (Å²) in [7, 11) is 1.61. The average Bonchev–Trinajstić information content (AvgIpc) is 2.31. The van der Waals surface area contributed by atoms with Crippen LogP contribution in [0, 0.1) is 0 Å². The number of hydrogen-bond acceptors (Lipinski definition) is 5. The van der Waals surface area contributed by atoms with Crippen LogP contribution in [0.5, 0.6) is 5.75 Å². The lowest BCUT2D eigenvalue weighted by molar-refractivity contribution is 0.0471. The third kappa shape index (κ3) is 3.16. The van der Waals surface area contributed by atoms with Gasteiger partial charge in [-0.25, -0.2) is 0 Å². The summed E-state index contributed by atoms with van der Waals surface area (Å²) in [6.45, 7) is 4.57. The largest absolute Gasteiger partial charge is 0.495 e. The standard InChI is InChI=1S/C11H19N3O2/c1-4-16-8(2)11(14-12)9-5-10(15-3)7-13-6-9/h5-8,11,14H,4,12H2,1-3H3. The van der Waals surface area contributed by atoms with Gasteiger partial charge in [0.1, 0.15) is 5.75 Å². The number of hydrazine groups is 1. The van der Waals surface area contributed by atoms with E-state index in [0.717, 1.165) is 5.56 Å². The number of ether oxygens (including phenoxy) is 2. The van der Waals surface area contributed by atoms with E-state index < -0.39 is 0 Å². The molecular formula is C11H19N3O2. The van der Waals surface area contributed by atoms with Crippen LogP contribution in [-0.2, 0) is 4.74 Å². The van der Waals surface area contributed by atoms with Gasteiger partial charge in [-0.05, 0) is 25.5 Å². The Balaban J connectivity index is 2.85. The van der Waals surface area contributed by atoms with Crippen molar-refractivity contribution in [2.75, 3.05) is 13.7 Å². The van der Waals surface area contributed by atoms with Crippen molar-refractivity contribution < 1.29 is 9.47 Å². The van der Waals surface area contributed by atoms with Gasteiger partial charge < -0.3 is 9.47 Å². The number of nitrogens with zero attached hydrogens (tertiary/aromatic N) is 1. The van der Waals surface area contributed by atoms with E-state index in [1.807, 2.05) is 19.9 Å². The van der Waals surface area contributed by atoms with Gasteiger partial charge in [-0.3, -0.25) is 16.3 Å². The van der Waals surface area contributed by atoms with Gasteiger partial charge in [0.05, 0.1) is 25.5 Å². The van der Waals surface area contributed by atoms with Gasteiger partial charge in [0.25, 0.3) is 0 Å². The maximum absolute atomic E-state index is 5.53. The summed E-state index contributed by atoms with van der Waals surface area (Å²) >= 11 is 0. The number of aromatic nitrogens is 1. The molecule has 0 radical (unpaired) electrons. The number of hydrogen-bond donors (Lipinski definition) is 2. The summed E-state index contributed by atoms with van der Waals surface area (Å²) in [5.41, 5.74) is 3.68. The van der Waals surface area contributed by atoms with E-state index in [4.69, 9.17) is 15.3 Å². The van der Waals surface area contributed by atoms with Crippen molar-refractivity contribution in [1.29, 1.82) is 0 Å². The summed E-state index contributed by atoms with van der Waals surface area (Å²) < 4.78 is 10.6. The first-order valence-corrected chi connectivity index (χ1v) is 5.29. The molecule has 2 unspecified atom stereocenters. The molecule has 16 heavy (non-hydrogen) atoms. The van der Waals surface area contributed by atoms with Crippen molar-refractivity contribution in [3.05, 3.63) is 24.0 Å². The molecule has 0 aliphatic rings. The molecular weight excluding hydrogens is 206 g/mol. The summed E-state index contributed by atoms with van der Waals surface area (Å²) in [6, 6.07) is 1.80. The highest BCUT2D eigenvalue weighted by Crippen LogP contribution is 2.21. The Hall–Kier alpha value is -1.17. The van der Waals surface area contributed by atoms with Gasteiger partial charge in [-0.1, -0.05) is 0 Å². The molecule has 0 saturated carbocycles. The van der Waals surface area contributed by atoms with E-state index in [1.54, 1.807) is 19.5 Å². The Morgan fingerprint density at radius 3 is 2.81 bits per heavy atom. The highest BCUT2D eigenvalue weighted by atomic mass is 16.5. The zero-order valence-corrected chi connectivity index (χ0v) is 9.93. The molecule has 0 aliphatic carbocycles. The lowest BCUT2D eigenvalue weighted by Gasteiger charge is -2.23. The van der Waals surface area contributed by atoms with Crippen molar-refractivity contribution in [3.8, 4) is 5.75 Å². The Kier molecular flexibility index (Phi) is 5.18. The SMILES string of the molecule is CCOC(C)C(NN)c1cncc(OC)c1. The minimum atomic E-state index is -0.0949. The molecule has 1 aromatic rings. The molecule has 1 rings (SSSR count). The molecule has 0 aliphatic heterocycles. The third-order valence-corrected chi connectivity index (χ3v) is 2.41. The van der Waals surface area contributed by atoms with Gasteiger partial charge in [0, 0.05) is 12.8 Å². The van der Waals surface area contributed by atoms with E-state index in [-0.39, 0.29) is 12.1 Å². The van der Waals surface area contributed by atoms with E-state index in [9.17, 15) is 0 Å². The maximum atomic E-state index is 5.53. The van der Waals surface area contributed by atoms with Crippen molar-refractivity contribution in [3.63, 3.8) is 0 Å². The zero-order chi connectivity index (χ0) is 12.0. The predicted octanol–water partition coefficient (Wildman–Crippen LogP) is 1.02. The summed E-state index contributed by atoms with van der Waals surface area (Å²) in [5.74, 6) is 6.24. The molecule has 3 N–H and O–H groups in total. The average molecular weight is 225 g/mol. The lowest BCUT2D eigenvalue weighted by Crippen LogP contribution is -2.36. The first kappa shape index (κ1) is 12.9. The number of methoxy groups -OCH3 is 1. The Bertz CT molecular complexity index is 320. The van der Waals surface area contributed by atoms with Crippen molar-refractivity contribution in [2.45, 2.75) is 26.0 Å². The van der Waals surface area contributed by atoms with Gasteiger partial charge in [-0.2, -0.15) is 0 Å². The third-order valence-electron chi connectivity index (χ3n) is 2.41. The van der Waals surface area contributed by atoms with E-state index >= 15 is 0 Å². The van der Waals surface area contributed by atoms with Gasteiger partial charge in [0.15, 0.2) is 0 Å². The highest BCUT2D eigenvalue weighted by Gasteiger charge is 2.18.